The number of nitrogens with one attached hydrogen (secondary N) is 1. The Balaban J connectivity index is 1.68. The maximum absolute atomic E-state index is 12.2. The molecule has 20 heavy (non-hydrogen) atoms. The molecule has 3 rings (SSSR count). The van der Waals surface area contributed by atoms with Crippen LogP contribution in [0.5, 0.6) is 0 Å². The van der Waals surface area contributed by atoms with Crippen molar-refractivity contribution in [1.29, 1.82) is 0 Å². The van der Waals surface area contributed by atoms with E-state index in [4.69, 9.17) is 5.73 Å². The predicted octanol–water partition coefficient (Wildman–Crippen LogP) is 4.17. The highest BCUT2D eigenvalue weighted by Gasteiger charge is 2.20. The standard InChI is InChI=1S/C15H17BrN2OS/c16-10-5-6-11-12(8-10)20-14(13(11)17)15(19)18-7-1-2-9-3-4-9/h5-6,8-9H,1-4,7,17H2,(H,18,19). The summed E-state index contributed by atoms with van der Waals surface area (Å²) in [5.41, 5.74) is 6.68. The molecule has 1 heterocycles. The van der Waals surface area contributed by atoms with Crippen molar-refractivity contribution in [2.45, 2.75) is 25.7 Å². The molecule has 1 aromatic carbocycles. The SMILES string of the molecule is Nc1c(C(=O)NCCCC2CC2)sc2cc(Br)ccc12. The Morgan fingerprint density at radius 2 is 2.25 bits per heavy atom. The molecule has 1 fully saturated rings. The molecule has 106 valence electrons. The van der Waals surface area contributed by atoms with Crippen molar-refractivity contribution < 1.29 is 4.79 Å². The van der Waals surface area contributed by atoms with Crippen LogP contribution >= 0.6 is 27.3 Å². The second kappa shape index (κ2) is 5.74. The van der Waals surface area contributed by atoms with Crippen LogP contribution in [0.4, 0.5) is 5.69 Å². The van der Waals surface area contributed by atoms with Gasteiger partial charge in [-0.15, -0.1) is 11.3 Å². The Labute approximate surface area is 130 Å². The second-order valence-electron chi connectivity index (χ2n) is 5.33. The molecule has 1 aromatic heterocycles. The normalized spacial score (nSPS) is 14.7. The first-order chi connectivity index (χ1) is 9.65. The summed E-state index contributed by atoms with van der Waals surface area (Å²) in [5.74, 6) is 0.870. The molecular formula is C15H17BrN2OS. The zero-order valence-electron chi connectivity index (χ0n) is 11.1. The number of thiophene rings is 1. The molecule has 1 aliphatic carbocycles. The van der Waals surface area contributed by atoms with Crippen LogP contribution in [0.15, 0.2) is 22.7 Å². The molecule has 0 saturated heterocycles. The molecule has 0 radical (unpaired) electrons. The third-order valence-electron chi connectivity index (χ3n) is 3.67. The van der Waals surface area contributed by atoms with Gasteiger partial charge in [0, 0.05) is 21.1 Å². The van der Waals surface area contributed by atoms with Gasteiger partial charge in [0.1, 0.15) is 4.88 Å². The minimum absolute atomic E-state index is 0.0457. The van der Waals surface area contributed by atoms with Crippen molar-refractivity contribution in [2.75, 3.05) is 12.3 Å². The number of rotatable bonds is 5. The second-order valence-corrected chi connectivity index (χ2v) is 7.29. The van der Waals surface area contributed by atoms with E-state index in [-0.39, 0.29) is 5.91 Å². The van der Waals surface area contributed by atoms with Gasteiger partial charge in [-0.25, -0.2) is 0 Å². The van der Waals surface area contributed by atoms with Gasteiger partial charge in [-0.2, -0.15) is 0 Å². The summed E-state index contributed by atoms with van der Waals surface area (Å²) in [6.45, 7) is 0.743. The van der Waals surface area contributed by atoms with Gasteiger partial charge in [0.2, 0.25) is 0 Å². The number of hydrogen-bond acceptors (Lipinski definition) is 3. The van der Waals surface area contributed by atoms with Crippen LogP contribution in [-0.2, 0) is 0 Å². The van der Waals surface area contributed by atoms with E-state index in [2.05, 4.69) is 21.2 Å². The Morgan fingerprint density at radius 1 is 1.45 bits per heavy atom. The van der Waals surface area contributed by atoms with E-state index in [1.54, 1.807) is 0 Å². The van der Waals surface area contributed by atoms with Gasteiger partial charge in [-0.1, -0.05) is 34.8 Å². The first-order valence-electron chi connectivity index (χ1n) is 6.91. The van der Waals surface area contributed by atoms with Gasteiger partial charge in [0.05, 0.1) is 5.69 Å². The van der Waals surface area contributed by atoms with Crippen molar-refractivity contribution in [2.24, 2.45) is 5.92 Å². The molecule has 1 amide bonds. The molecule has 0 unspecified atom stereocenters. The van der Waals surface area contributed by atoms with Crippen LogP contribution in [0.1, 0.15) is 35.4 Å². The number of amides is 1. The van der Waals surface area contributed by atoms with E-state index in [1.165, 1.54) is 30.6 Å². The van der Waals surface area contributed by atoms with E-state index < -0.39 is 0 Å². The monoisotopic (exact) mass is 352 g/mol. The molecule has 0 spiro atoms. The number of nitrogens with two attached hydrogens (primary N) is 1. The first kappa shape index (κ1) is 13.9. The molecule has 0 bridgehead atoms. The smallest absolute Gasteiger partial charge is 0.263 e. The highest BCUT2D eigenvalue weighted by molar-refractivity contribution is 9.10. The summed E-state index contributed by atoms with van der Waals surface area (Å²) >= 11 is 4.90. The maximum Gasteiger partial charge on any atom is 0.263 e. The molecule has 1 aliphatic rings. The van der Waals surface area contributed by atoms with Crippen LogP contribution in [0.3, 0.4) is 0 Å². The van der Waals surface area contributed by atoms with Crippen molar-refractivity contribution in [3.8, 4) is 0 Å². The van der Waals surface area contributed by atoms with Gasteiger partial charge in [0.25, 0.3) is 5.91 Å². The molecule has 0 atom stereocenters. The average Bonchev–Trinajstić information content (AvgIpc) is 3.19. The predicted molar refractivity (Wildman–Crippen MR) is 88.2 cm³/mol. The Morgan fingerprint density at radius 3 is 3.00 bits per heavy atom. The lowest BCUT2D eigenvalue weighted by atomic mass is 10.2. The molecule has 5 heteroatoms. The zero-order chi connectivity index (χ0) is 14.1. The van der Waals surface area contributed by atoms with E-state index >= 15 is 0 Å². The molecule has 3 nitrogen and oxygen atoms in total. The van der Waals surface area contributed by atoms with Crippen molar-refractivity contribution >= 4 is 48.9 Å². The fourth-order valence-electron chi connectivity index (χ4n) is 2.34. The molecular weight excluding hydrogens is 336 g/mol. The quantitative estimate of drug-likeness (QED) is 0.793. The summed E-state index contributed by atoms with van der Waals surface area (Å²) in [6, 6.07) is 5.90. The van der Waals surface area contributed by atoms with Gasteiger partial charge in [-0.05, 0) is 30.9 Å². The van der Waals surface area contributed by atoms with E-state index in [9.17, 15) is 4.79 Å². The summed E-state index contributed by atoms with van der Waals surface area (Å²) < 4.78 is 2.04. The number of hydrogen-bond donors (Lipinski definition) is 2. The van der Waals surface area contributed by atoms with Crippen LogP contribution in [-0.4, -0.2) is 12.5 Å². The summed E-state index contributed by atoms with van der Waals surface area (Å²) in [7, 11) is 0. The van der Waals surface area contributed by atoms with Gasteiger partial charge in [0.15, 0.2) is 0 Å². The Kier molecular flexibility index (Phi) is 3.98. The van der Waals surface area contributed by atoms with Crippen LogP contribution < -0.4 is 11.1 Å². The molecule has 1 saturated carbocycles. The van der Waals surface area contributed by atoms with Crippen molar-refractivity contribution in [3.05, 3.63) is 27.5 Å². The van der Waals surface area contributed by atoms with E-state index in [1.807, 2.05) is 18.2 Å². The maximum atomic E-state index is 12.2. The third-order valence-corrected chi connectivity index (χ3v) is 5.33. The number of fused-ring (bicyclic) bond motifs is 1. The number of carbonyl (C=O) groups is 1. The summed E-state index contributed by atoms with van der Waals surface area (Å²) in [5, 5.41) is 3.94. The van der Waals surface area contributed by atoms with Crippen LogP contribution in [0.25, 0.3) is 10.1 Å². The number of carbonyl (C=O) groups excluding carboxylic acids is 1. The molecule has 2 aromatic rings. The number of nitrogen functional groups attached to an aromatic ring is 1. The number of benzene rings is 1. The third kappa shape index (κ3) is 2.99. The summed E-state index contributed by atoms with van der Waals surface area (Å²) in [4.78, 5) is 12.8. The average molecular weight is 353 g/mol. The molecule has 0 aliphatic heterocycles. The highest BCUT2D eigenvalue weighted by atomic mass is 79.9. The zero-order valence-corrected chi connectivity index (χ0v) is 13.5. The lowest BCUT2D eigenvalue weighted by Crippen LogP contribution is -2.24. The van der Waals surface area contributed by atoms with E-state index in [0.717, 1.165) is 33.4 Å². The van der Waals surface area contributed by atoms with Crippen molar-refractivity contribution in [3.63, 3.8) is 0 Å². The lowest BCUT2D eigenvalue weighted by molar-refractivity contribution is 0.0957. The largest absolute Gasteiger partial charge is 0.397 e. The van der Waals surface area contributed by atoms with Gasteiger partial charge >= 0.3 is 0 Å². The Bertz CT molecular complexity index is 649. The van der Waals surface area contributed by atoms with Crippen molar-refractivity contribution in [1.82, 2.24) is 5.32 Å². The van der Waals surface area contributed by atoms with Gasteiger partial charge < -0.3 is 11.1 Å². The lowest BCUT2D eigenvalue weighted by Gasteiger charge is -2.03. The minimum atomic E-state index is -0.0457. The van der Waals surface area contributed by atoms with Crippen LogP contribution in [0.2, 0.25) is 0 Å². The first-order valence-corrected chi connectivity index (χ1v) is 8.52. The fourth-order valence-corrected chi connectivity index (χ4v) is 3.93. The highest BCUT2D eigenvalue weighted by Crippen LogP contribution is 2.35. The summed E-state index contributed by atoms with van der Waals surface area (Å²) in [6.07, 6.45) is 5.03. The fraction of sp³-hybridized carbons (Fsp3) is 0.400. The number of halogens is 1. The van der Waals surface area contributed by atoms with Crippen LogP contribution in [0, 0.1) is 5.92 Å². The molecule has 3 N–H and O–H groups in total. The minimum Gasteiger partial charge on any atom is -0.397 e. The van der Waals surface area contributed by atoms with Gasteiger partial charge in [-0.3, -0.25) is 4.79 Å². The Hall–Kier alpha value is -1.07. The van der Waals surface area contributed by atoms with E-state index in [0.29, 0.717) is 10.6 Å². The number of anilines is 1. The topological polar surface area (TPSA) is 55.1 Å².